The van der Waals surface area contributed by atoms with Crippen LogP contribution in [-0.4, -0.2) is 28.7 Å². The van der Waals surface area contributed by atoms with Crippen LogP contribution in [0.2, 0.25) is 0 Å². The number of hydrogen-bond donors (Lipinski definition) is 2. The molecule has 0 aliphatic heterocycles. The van der Waals surface area contributed by atoms with E-state index in [2.05, 4.69) is 10.5 Å². The summed E-state index contributed by atoms with van der Waals surface area (Å²) in [6.45, 7) is 3.45. The van der Waals surface area contributed by atoms with Crippen molar-refractivity contribution in [2.45, 2.75) is 19.8 Å². The van der Waals surface area contributed by atoms with Crippen LogP contribution in [0.1, 0.15) is 36.0 Å². The van der Waals surface area contributed by atoms with Crippen LogP contribution in [0.25, 0.3) is 0 Å². The highest BCUT2D eigenvalue weighted by Crippen LogP contribution is 2.19. The van der Waals surface area contributed by atoms with Crippen LogP contribution in [0.5, 0.6) is 5.75 Å². The monoisotopic (exact) mass is 304 g/mol. The Kier molecular flexibility index (Phi) is 4.77. The van der Waals surface area contributed by atoms with Crippen molar-refractivity contribution in [2.75, 3.05) is 11.9 Å². The van der Waals surface area contributed by atoms with Crippen molar-refractivity contribution >= 4 is 17.6 Å². The largest absolute Gasteiger partial charge is 0.482 e. The number of benzene rings is 1. The smallest absolute Gasteiger partial charge is 0.341 e. The Bertz CT molecular complexity index is 678. The number of nitrogens with one attached hydrogen (secondary N) is 1. The standard InChI is InChI=1S/C15H16N2O5/c1-9(2)12-7-13(22-17-12)15(20)16-10-4-3-5-11(6-10)21-8-14(18)19/h3-7,9H,8H2,1-2H3,(H,16,20)(H,18,19). The number of carbonyl (C=O) groups excluding carboxylic acids is 1. The highest BCUT2D eigenvalue weighted by atomic mass is 16.5. The molecule has 1 heterocycles. The molecule has 116 valence electrons. The van der Waals surface area contributed by atoms with E-state index in [4.69, 9.17) is 14.4 Å². The molecule has 0 aliphatic carbocycles. The van der Waals surface area contributed by atoms with Crippen molar-refractivity contribution in [3.8, 4) is 5.75 Å². The van der Waals surface area contributed by atoms with Crippen molar-refractivity contribution in [3.05, 3.63) is 41.8 Å². The predicted octanol–water partition coefficient (Wildman–Crippen LogP) is 2.51. The van der Waals surface area contributed by atoms with Gasteiger partial charge in [-0.3, -0.25) is 4.79 Å². The third-order valence-electron chi connectivity index (χ3n) is 2.80. The molecule has 0 saturated carbocycles. The Morgan fingerprint density at radius 3 is 2.77 bits per heavy atom. The Morgan fingerprint density at radius 1 is 1.36 bits per heavy atom. The lowest BCUT2D eigenvalue weighted by atomic mass is 10.1. The Morgan fingerprint density at radius 2 is 2.14 bits per heavy atom. The van der Waals surface area contributed by atoms with E-state index < -0.39 is 18.5 Å². The van der Waals surface area contributed by atoms with Crippen LogP contribution in [0.4, 0.5) is 5.69 Å². The lowest BCUT2D eigenvalue weighted by molar-refractivity contribution is -0.139. The highest BCUT2D eigenvalue weighted by Gasteiger charge is 2.15. The summed E-state index contributed by atoms with van der Waals surface area (Å²) in [6, 6.07) is 8.02. The molecular formula is C15H16N2O5. The zero-order chi connectivity index (χ0) is 16.1. The van der Waals surface area contributed by atoms with Crippen molar-refractivity contribution in [2.24, 2.45) is 0 Å². The number of carbonyl (C=O) groups is 2. The van der Waals surface area contributed by atoms with Crippen molar-refractivity contribution in [1.29, 1.82) is 0 Å². The summed E-state index contributed by atoms with van der Waals surface area (Å²) in [5.41, 5.74) is 1.17. The molecule has 2 aromatic rings. The summed E-state index contributed by atoms with van der Waals surface area (Å²) in [6.07, 6.45) is 0. The van der Waals surface area contributed by atoms with E-state index in [-0.39, 0.29) is 11.7 Å². The van der Waals surface area contributed by atoms with Gasteiger partial charge in [-0.1, -0.05) is 25.1 Å². The number of aliphatic carboxylic acids is 1. The summed E-state index contributed by atoms with van der Waals surface area (Å²) in [4.78, 5) is 22.5. The fourth-order valence-electron chi connectivity index (χ4n) is 1.67. The zero-order valence-corrected chi connectivity index (χ0v) is 12.2. The number of carboxylic acid groups (broad SMARTS) is 1. The molecule has 2 rings (SSSR count). The van der Waals surface area contributed by atoms with Crippen molar-refractivity contribution in [1.82, 2.24) is 5.16 Å². The van der Waals surface area contributed by atoms with Gasteiger partial charge in [-0.15, -0.1) is 0 Å². The number of carboxylic acids is 1. The number of ether oxygens (including phenoxy) is 1. The van der Waals surface area contributed by atoms with Crippen LogP contribution < -0.4 is 10.1 Å². The molecule has 0 saturated heterocycles. The van der Waals surface area contributed by atoms with Gasteiger partial charge < -0.3 is 19.7 Å². The lowest BCUT2D eigenvalue weighted by Gasteiger charge is -2.06. The van der Waals surface area contributed by atoms with E-state index in [9.17, 15) is 9.59 Å². The van der Waals surface area contributed by atoms with Crippen LogP contribution in [0, 0.1) is 0 Å². The fraction of sp³-hybridized carbons (Fsp3) is 0.267. The lowest BCUT2D eigenvalue weighted by Crippen LogP contribution is -2.12. The first-order valence-corrected chi connectivity index (χ1v) is 6.68. The molecule has 0 spiro atoms. The second-order valence-corrected chi connectivity index (χ2v) is 4.94. The summed E-state index contributed by atoms with van der Waals surface area (Å²) in [7, 11) is 0. The molecule has 0 aliphatic rings. The van der Waals surface area contributed by atoms with Gasteiger partial charge in [-0.05, 0) is 18.1 Å². The average molecular weight is 304 g/mol. The van der Waals surface area contributed by atoms with E-state index in [1.54, 1.807) is 24.3 Å². The van der Waals surface area contributed by atoms with Crippen LogP contribution in [0.3, 0.4) is 0 Å². The van der Waals surface area contributed by atoms with Gasteiger partial charge in [0.2, 0.25) is 5.76 Å². The van der Waals surface area contributed by atoms with Gasteiger partial charge in [0, 0.05) is 17.8 Å². The molecule has 1 amide bonds. The van der Waals surface area contributed by atoms with Gasteiger partial charge in [0.05, 0.1) is 5.69 Å². The van der Waals surface area contributed by atoms with Crippen LogP contribution in [0.15, 0.2) is 34.9 Å². The summed E-state index contributed by atoms with van der Waals surface area (Å²) < 4.78 is 10.0. The Hall–Kier alpha value is -2.83. The molecule has 2 N–H and O–H groups in total. The first-order valence-electron chi connectivity index (χ1n) is 6.68. The molecule has 7 nitrogen and oxygen atoms in total. The third kappa shape index (κ3) is 4.08. The number of anilines is 1. The molecular weight excluding hydrogens is 288 g/mol. The summed E-state index contributed by atoms with van der Waals surface area (Å²) in [5.74, 6) is -0.883. The second kappa shape index (κ2) is 6.75. The first-order chi connectivity index (χ1) is 10.5. The van der Waals surface area contributed by atoms with Crippen molar-refractivity contribution in [3.63, 3.8) is 0 Å². The predicted molar refractivity (Wildman–Crippen MR) is 78.1 cm³/mol. The van der Waals surface area contributed by atoms with Gasteiger partial charge in [0.1, 0.15) is 5.75 Å². The minimum Gasteiger partial charge on any atom is -0.482 e. The van der Waals surface area contributed by atoms with Gasteiger partial charge in [-0.25, -0.2) is 4.79 Å². The van der Waals surface area contributed by atoms with E-state index in [0.717, 1.165) is 0 Å². The van der Waals surface area contributed by atoms with Crippen LogP contribution in [-0.2, 0) is 4.79 Å². The second-order valence-electron chi connectivity index (χ2n) is 4.94. The molecule has 0 bridgehead atoms. The van der Waals surface area contributed by atoms with Gasteiger partial charge in [0.15, 0.2) is 6.61 Å². The van der Waals surface area contributed by atoms with Gasteiger partial charge in [0.25, 0.3) is 5.91 Å². The third-order valence-corrected chi connectivity index (χ3v) is 2.80. The minimum atomic E-state index is -1.07. The molecule has 0 radical (unpaired) electrons. The minimum absolute atomic E-state index is 0.112. The van der Waals surface area contributed by atoms with Gasteiger partial charge in [-0.2, -0.15) is 0 Å². The molecule has 0 atom stereocenters. The van der Waals surface area contributed by atoms with E-state index in [1.165, 1.54) is 6.07 Å². The normalized spacial score (nSPS) is 10.5. The van der Waals surface area contributed by atoms with Gasteiger partial charge >= 0.3 is 5.97 Å². The number of rotatable bonds is 6. The summed E-state index contributed by atoms with van der Waals surface area (Å²) in [5, 5.41) is 15.0. The highest BCUT2D eigenvalue weighted by molar-refractivity contribution is 6.02. The van der Waals surface area contributed by atoms with E-state index in [1.807, 2.05) is 13.8 Å². The Balaban J connectivity index is 2.04. The number of hydrogen-bond acceptors (Lipinski definition) is 5. The number of amides is 1. The number of aromatic nitrogens is 1. The maximum absolute atomic E-state index is 12.0. The van der Waals surface area contributed by atoms with E-state index >= 15 is 0 Å². The molecule has 7 heteroatoms. The Labute approximate surface area is 126 Å². The zero-order valence-electron chi connectivity index (χ0n) is 12.2. The quantitative estimate of drug-likeness (QED) is 0.850. The molecule has 1 aromatic heterocycles. The molecule has 0 fully saturated rings. The fourth-order valence-corrected chi connectivity index (χ4v) is 1.67. The molecule has 0 unspecified atom stereocenters. The summed E-state index contributed by atoms with van der Waals surface area (Å²) >= 11 is 0. The topological polar surface area (TPSA) is 102 Å². The molecule has 1 aromatic carbocycles. The maximum Gasteiger partial charge on any atom is 0.341 e. The van der Waals surface area contributed by atoms with Crippen LogP contribution >= 0.6 is 0 Å². The van der Waals surface area contributed by atoms with E-state index in [0.29, 0.717) is 17.1 Å². The maximum atomic E-state index is 12.0. The molecule has 22 heavy (non-hydrogen) atoms. The average Bonchev–Trinajstić information content (AvgIpc) is 2.95. The SMILES string of the molecule is CC(C)c1cc(C(=O)Nc2cccc(OCC(=O)O)c2)on1. The number of nitrogens with zero attached hydrogens (tertiary/aromatic N) is 1. The first kappa shape index (κ1) is 15.6. The van der Waals surface area contributed by atoms with Crippen molar-refractivity contribution < 1.29 is 24.0 Å².